The SMILES string of the molecule is Nc1ccc(Nc2ccc(F)c(Br)c2)c2nonc12. The minimum atomic E-state index is -0.323. The van der Waals surface area contributed by atoms with Crippen molar-refractivity contribution in [1.82, 2.24) is 10.3 Å². The number of aromatic nitrogens is 2. The molecular weight excluding hydrogens is 315 g/mol. The number of halogens is 2. The maximum atomic E-state index is 13.2. The lowest BCUT2D eigenvalue weighted by Gasteiger charge is -2.07. The average molecular weight is 323 g/mol. The molecule has 0 amide bonds. The molecule has 2 aromatic carbocycles. The van der Waals surface area contributed by atoms with Crippen molar-refractivity contribution in [2.45, 2.75) is 0 Å². The molecule has 0 atom stereocenters. The molecule has 96 valence electrons. The van der Waals surface area contributed by atoms with Gasteiger partial charge in [0.25, 0.3) is 0 Å². The smallest absolute Gasteiger partial charge is 0.160 e. The van der Waals surface area contributed by atoms with Crippen molar-refractivity contribution in [2.24, 2.45) is 0 Å². The van der Waals surface area contributed by atoms with E-state index in [-0.39, 0.29) is 5.82 Å². The maximum Gasteiger partial charge on any atom is 0.160 e. The van der Waals surface area contributed by atoms with Crippen molar-refractivity contribution < 1.29 is 9.02 Å². The van der Waals surface area contributed by atoms with Gasteiger partial charge in [-0.05, 0) is 56.6 Å². The summed E-state index contributed by atoms with van der Waals surface area (Å²) in [6.07, 6.45) is 0. The Morgan fingerprint density at radius 3 is 2.74 bits per heavy atom. The first-order valence-corrected chi connectivity index (χ1v) is 6.17. The van der Waals surface area contributed by atoms with E-state index in [1.807, 2.05) is 0 Å². The number of hydrogen-bond donors (Lipinski definition) is 2. The Morgan fingerprint density at radius 1 is 1.16 bits per heavy atom. The molecule has 0 unspecified atom stereocenters. The molecule has 0 fully saturated rings. The molecule has 0 aliphatic heterocycles. The van der Waals surface area contributed by atoms with Crippen LogP contribution < -0.4 is 11.1 Å². The van der Waals surface area contributed by atoms with Crippen molar-refractivity contribution in [3.63, 3.8) is 0 Å². The molecule has 7 heteroatoms. The summed E-state index contributed by atoms with van der Waals surface area (Å²) in [6, 6.07) is 8.08. The van der Waals surface area contributed by atoms with Gasteiger partial charge < -0.3 is 11.1 Å². The highest BCUT2D eigenvalue weighted by Crippen LogP contribution is 2.29. The van der Waals surface area contributed by atoms with E-state index in [1.165, 1.54) is 6.07 Å². The topological polar surface area (TPSA) is 77.0 Å². The van der Waals surface area contributed by atoms with Gasteiger partial charge in [-0.3, -0.25) is 0 Å². The van der Waals surface area contributed by atoms with Crippen LogP contribution in [0.1, 0.15) is 0 Å². The van der Waals surface area contributed by atoms with Gasteiger partial charge in [-0.1, -0.05) is 0 Å². The van der Waals surface area contributed by atoms with E-state index in [0.29, 0.717) is 32.6 Å². The van der Waals surface area contributed by atoms with Gasteiger partial charge in [-0.15, -0.1) is 0 Å². The van der Waals surface area contributed by atoms with Crippen LogP contribution in [-0.4, -0.2) is 10.3 Å². The summed E-state index contributed by atoms with van der Waals surface area (Å²) in [5.41, 5.74) is 8.66. The van der Waals surface area contributed by atoms with Crippen molar-refractivity contribution in [1.29, 1.82) is 0 Å². The molecule has 3 aromatic rings. The third-order valence-electron chi connectivity index (χ3n) is 2.65. The van der Waals surface area contributed by atoms with E-state index in [1.54, 1.807) is 24.3 Å². The van der Waals surface area contributed by atoms with Gasteiger partial charge in [-0.25, -0.2) is 9.02 Å². The summed E-state index contributed by atoms with van der Waals surface area (Å²) in [5.74, 6) is -0.323. The Hall–Kier alpha value is -2.15. The summed E-state index contributed by atoms with van der Waals surface area (Å²) in [6.45, 7) is 0. The van der Waals surface area contributed by atoms with Gasteiger partial charge in [0.15, 0.2) is 11.0 Å². The summed E-state index contributed by atoms with van der Waals surface area (Å²) in [7, 11) is 0. The van der Waals surface area contributed by atoms with Gasteiger partial charge in [-0.2, -0.15) is 0 Å². The molecule has 1 aromatic heterocycles. The number of nitrogen functional groups attached to an aromatic ring is 1. The summed E-state index contributed by atoms with van der Waals surface area (Å²) in [5, 5.41) is 10.6. The highest BCUT2D eigenvalue weighted by molar-refractivity contribution is 9.10. The lowest BCUT2D eigenvalue weighted by molar-refractivity contribution is 0.316. The van der Waals surface area contributed by atoms with Crippen LogP contribution in [0.4, 0.5) is 21.5 Å². The molecule has 5 nitrogen and oxygen atoms in total. The van der Waals surface area contributed by atoms with Crippen LogP contribution in [-0.2, 0) is 0 Å². The van der Waals surface area contributed by atoms with E-state index >= 15 is 0 Å². The van der Waals surface area contributed by atoms with Gasteiger partial charge in [0.1, 0.15) is 5.82 Å². The largest absolute Gasteiger partial charge is 0.397 e. The van der Waals surface area contributed by atoms with Crippen LogP contribution in [0.25, 0.3) is 11.0 Å². The van der Waals surface area contributed by atoms with Crippen LogP contribution in [0.5, 0.6) is 0 Å². The Bertz CT molecular complexity index is 759. The fourth-order valence-electron chi connectivity index (χ4n) is 1.72. The molecule has 19 heavy (non-hydrogen) atoms. The zero-order valence-electron chi connectivity index (χ0n) is 9.52. The monoisotopic (exact) mass is 322 g/mol. The number of hydrogen-bond acceptors (Lipinski definition) is 5. The first-order chi connectivity index (χ1) is 9.15. The van der Waals surface area contributed by atoms with Gasteiger partial charge in [0.2, 0.25) is 0 Å². The van der Waals surface area contributed by atoms with E-state index < -0.39 is 0 Å². The first kappa shape index (κ1) is 11.9. The first-order valence-electron chi connectivity index (χ1n) is 5.38. The fraction of sp³-hybridized carbons (Fsp3) is 0. The van der Waals surface area contributed by atoms with Crippen molar-refractivity contribution in [3.8, 4) is 0 Å². The minimum Gasteiger partial charge on any atom is -0.397 e. The van der Waals surface area contributed by atoms with E-state index in [4.69, 9.17) is 5.73 Å². The van der Waals surface area contributed by atoms with E-state index in [0.717, 1.165) is 0 Å². The predicted molar refractivity (Wildman–Crippen MR) is 73.6 cm³/mol. The Balaban J connectivity index is 2.03. The second-order valence-corrected chi connectivity index (χ2v) is 4.77. The number of nitrogens with one attached hydrogen (secondary N) is 1. The molecule has 0 aliphatic rings. The third-order valence-corrected chi connectivity index (χ3v) is 3.25. The molecule has 3 N–H and O–H groups in total. The molecule has 0 aliphatic carbocycles. The Kier molecular flexibility index (Phi) is 2.83. The number of nitrogens with two attached hydrogens (primary N) is 1. The summed E-state index contributed by atoms with van der Waals surface area (Å²) in [4.78, 5) is 0. The Labute approximate surface area is 115 Å². The Morgan fingerprint density at radius 2 is 1.95 bits per heavy atom. The quantitative estimate of drug-likeness (QED) is 0.706. The molecule has 0 bridgehead atoms. The molecule has 1 heterocycles. The number of anilines is 3. The number of rotatable bonds is 2. The van der Waals surface area contributed by atoms with E-state index in [2.05, 4.69) is 36.2 Å². The van der Waals surface area contributed by atoms with E-state index in [9.17, 15) is 4.39 Å². The maximum absolute atomic E-state index is 13.2. The lowest BCUT2D eigenvalue weighted by atomic mass is 10.2. The van der Waals surface area contributed by atoms with Crippen LogP contribution in [0.15, 0.2) is 39.4 Å². The zero-order chi connectivity index (χ0) is 13.4. The summed E-state index contributed by atoms with van der Waals surface area (Å²) < 4.78 is 18.2. The molecule has 0 radical (unpaired) electrons. The molecule has 3 rings (SSSR count). The second kappa shape index (κ2) is 4.51. The normalized spacial score (nSPS) is 10.8. The molecule has 0 saturated carbocycles. The molecular formula is C12H8BrFN4O. The zero-order valence-corrected chi connectivity index (χ0v) is 11.1. The average Bonchev–Trinajstić information content (AvgIpc) is 2.87. The number of benzene rings is 2. The fourth-order valence-corrected chi connectivity index (χ4v) is 2.09. The van der Waals surface area contributed by atoms with Crippen LogP contribution in [0.3, 0.4) is 0 Å². The summed E-state index contributed by atoms with van der Waals surface area (Å²) >= 11 is 3.13. The lowest BCUT2D eigenvalue weighted by Crippen LogP contribution is -1.94. The van der Waals surface area contributed by atoms with Crippen LogP contribution in [0, 0.1) is 5.82 Å². The predicted octanol–water partition coefficient (Wildman–Crippen LogP) is 3.45. The highest BCUT2D eigenvalue weighted by atomic mass is 79.9. The third kappa shape index (κ3) is 2.12. The molecule has 0 spiro atoms. The van der Waals surface area contributed by atoms with Gasteiger partial charge in [0, 0.05) is 5.69 Å². The van der Waals surface area contributed by atoms with Crippen LogP contribution in [0.2, 0.25) is 0 Å². The molecule has 0 saturated heterocycles. The van der Waals surface area contributed by atoms with Crippen molar-refractivity contribution >= 4 is 44.0 Å². The number of nitrogens with zero attached hydrogens (tertiary/aromatic N) is 2. The number of fused-ring (bicyclic) bond motifs is 1. The second-order valence-electron chi connectivity index (χ2n) is 3.92. The standard InChI is InChI=1S/C12H8BrFN4O/c13-7-5-6(1-2-8(7)14)16-10-4-3-9(15)11-12(10)18-19-17-11/h1-5,16H,15H2. The van der Waals surface area contributed by atoms with Gasteiger partial charge in [0.05, 0.1) is 15.8 Å². The van der Waals surface area contributed by atoms with Crippen LogP contribution >= 0.6 is 15.9 Å². The van der Waals surface area contributed by atoms with Gasteiger partial charge >= 0.3 is 0 Å². The highest BCUT2D eigenvalue weighted by Gasteiger charge is 2.10. The van der Waals surface area contributed by atoms with Crippen molar-refractivity contribution in [3.05, 3.63) is 40.6 Å². The van der Waals surface area contributed by atoms with Crippen molar-refractivity contribution in [2.75, 3.05) is 11.1 Å². The minimum absolute atomic E-state index is 0.323.